The first-order valence-corrected chi connectivity index (χ1v) is 5.52. The molecule has 0 radical (unpaired) electrons. The molecule has 0 saturated carbocycles. The number of halogens is 1. The van der Waals surface area contributed by atoms with Crippen LogP contribution < -0.4 is 5.32 Å². The summed E-state index contributed by atoms with van der Waals surface area (Å²) in [5.41, 5.74) is 2.65. The predicted molar refractivity (Wildman–Crippen MR) is 69.0 cm³/mol. The molecule has 0 fully saturated rings. The van der Waals surface area contributed by atoms with Gasteiger partial charge in [-0.1, -0.05) is 17.7 Å². The van der Waals surface area contributed by atoms with E-state index in [9.17, 15) is 4.79 Å². The zero-order chi connectivity index (χ0) is 12.3. The van der Waals surface area contributed by atoms with Crippen molar-refractivity contribution in [1.29, 1.82) is 0 Å². The lowest BCUT2D eigenvalue weighted by Gasteiger charge is -2.07. The van der Waals surface area contributed by atoms with Crippen molar-refractivity contribution < 1.29 is 4.79 Å². The maximum atomic E-state index is 10.9. The van der Waals surface area contributed by atoms with Gasteiger partial charge >= 0.3 is 0 Å². The standard InChI is InChI=1S/C13H11ClN2O/c1-9(17)16-13-3-2-11(8-12(13)14)10-4-6-15-7-5-10/h2-8H,1H3,(H,16,17). The second-order valence-electron chi connectivity index (χ2n) is 3.61. The van der Waals surface area contributed by atoms with Gasteiger partial charge in [0.25, 0.3) is 0 Å². The molecule has 1 heterocycles. The Morgan fingerprint density at radius 3 is 2.47 bits per heavy atom. The average molecular weight is 247 g/mol. The number of hydrogen-bond donors (Lipinski definition) is 1. The van der Waals surface area contributed by atoms with E-state index >= 15 is 0 Å². The van der Waals surface area contributed by atoms with Gasteiger partial charge in [-0.15, -0.1) is 0 Å². The summed E-state index contributed by atoms with van der Waals surface area (Å²) in [6.07, 6.45) is 3.45. The van der Waals surface area contributed by atoms with Crippen LogP contribution in [0.1, 0.15) is 6.92 Å². The Bertz CT molecular complexity index is 540. The van der Waals surface area contributed by atoms with E-state index in [2.05, 4.69) is 10.3 Å². The predicted octanol–water partition coefficient (Wildman–Crippen LogP) is 3.36. The molecule has 86 valence electrons. The molecule has 0 saturated heterocycles. The fourth-order valence-corrected chi connectivity index (χ4v) is 1.76. The van der Waals surface area contributed by atoms with Crippen LogP contribution in [0.5, 0.6) is 0 Å². The number of hydrogen-bond acceptors (Lipinski definition) is 2. The first kappa shape index (κ1) is 11.6. The Hall–Kier alpha value is -1.87. The van der Waals surface area contributed by atoms with Crippen LogP contribution in [-0.4, -0.2) is 10.9 Å². The summed E-state index contributed by atoms with van der Waals surface area (Å²) >= 11 is 6.09. The molecular formula is C13H11ClN2O. The molecule has 1 aromatic heterocycles. The van der Waals surface area contributed by atoms with Crippen LogP contribution in [0.3, 0.4) is 0 Å². The number of rotatable bonds is 2. The number of nitrogens with one attached hydrogen (secondary N) is 1. The molecular weight excluding hydrogens is 236 g/mol. The number of pyridine rings is 1. The van der Waals surface area contributed by atoms with E-state index < -0.39 is 0 Å². The maximum absolute atomic E-state index is 10.9. The second-order valence-corrected chi connectivity index (χ2v) is 4.02. The molecule has 1 aromatic carbocycles. The normalized spacial score (nSPS) is 10.0. The topological polar surface area (TPSA) is 42.0 Å². The van der Waals surface area contributed by atoms with Gasteiger partial charge in [0.15, 0.2) is 0 Å². The van der Waals surface area contributed by atoms with Crippen molar-refractivity contribution in [2.45, 2.75) is 6.92 Å². The van der Waals surface area contributed by atoms with Gasteiger partial charge in [-0.05, 0) is 35.4 Å². The summed E-state index contributed by atoms with van der Waals surface area (Å²) in [4.78, 5) is 14.9. The molecule has 0 spiro atoms. The number of anilines is 1. The minimum absolute atomic E-state index is 0.136. The molecule has 0 aliphatic carbocycles. The van der Waals surface area contributed by atoms with Crippen molar-refractivity contribution in [2.24, 2.45) is 0 Å². The number of aromatic nitrogens is 1. The summed E-state index contributed by atoms with van der Waals surface area (Å²) in [6, 6.07) is 9.33. The smallest absolute Gasteiger partial charge is 0.221 e. The van der Waals surface area contributed by atoms with Gasteiger partial charge in [-0.25, -0.2) is 0 Å². The second kappa shape index (κ2) is 4.97. The average Bonchev–Trinajstić information content (AvgIpc) is 2.32. The number of amides is 1. The third-order valence-electron chi connectivity index (χ3n) is 2.29. The van der Waals surface area contributed by atoms with Crippen LogP contribution in [0, 0.1) is 0 Å². The fourth-order valence-electron chi connectivity index (χ4n) is 1.53. The molecule has 4 heteroatoms. The molecule has 0 atom stereocenters. The number of carbonyl (C=O) groups excluding carboxylic acids is 1. The van der Waals surface area contributed by atoms with Crippen molar-refractivity contribution in [3.8, 4) is 11.1 Å². The Labute approximate surface area is 104 Å². The lowest BCUT2D eigenvalue weighted by Crippen LogP contribution is -2.05. The molecule has 0 unspecified atom stereocenters. The van der Waals surface area contributed by atoms with Gasteiger partial charge in [0.05, 0.1) is 10.7 Å². The van der Waals surface area contributed by atoms with Crippen molar-refractivity contribution in [1.82, 2.24) is 4.98 Å². The van der Waals surface area contributed by atoms with Crippen LogP contribution >= 0.6 is 11.6 Å². The van der Waals surface area contributed by atoms with E-state index in [4.69, 9.17) is 11.6 Å². The van der Waals surface area contributed by atoms with Gasteiger partial charge < -0.3 is 5.32 Å². The summed E-state index contributed by atoms with van der Waals surface area (Å²) in [7, 11) is 0. The third-order valence-corrected chi connectivity index (χ3v) is 2.61. The molecule has 1 amide bonds. The van der Waals surface area contributed by atoms with Crippen LogP contribution in [0.25, 0.3) is 11.1 Å². The fraction of sp³-hybridized carbons (Fsp3) is 0.0769. The van der Waals surface area contributed by atoms with Crippen LogP contribution in [-0.2, 0) is 4.79 Å². The summed E-state index contributed by atoms with van der Waals surface area (Å²) in [5, 5.41) is 3.19. The molecule has 17 heavy (non-hydrogen) atoms. The highest BCUT2D eigenvalue weighted by Gasteiger charge is 2.04. The summed E-state index contributed by atoms with van der Waals surface area (Å²) in [6.45, 7) is 1.45. The summed E-state index contributed by atoms with van der Waals surface area (Å²) < 4.78 is 0. The molecule has 3 nitrogen and oxygen atoms in total. The highest BCUT2D eigenvalue weighted by molar-refractivity contribution is 6.34. The first-order chi connectivity index (χ1) is 8.16. The molecule has 0 aliphatic heterocycles. The van der Waals surface area contributed by atoms with Gasteiger partial charge in [-0.2, -0.15) is 0 Å². The lowest BCUT2D eigenvalue weighted by atomic mass is 10.1. The van der Waals surface area contributed by atoms with Gasteiger partial charge in [0.2, 0.25) is 5.91 Å². The first-order valence-electron chi connectivity index (χ1n) is 5.14. The molecule has 0 aliphatic rings. The van der Waals surface area contributed by atoms with Crippen LogP contribution in [0.2, 0.25) is 5.02 Å². The van der Waals surface area contributed by atoms with Crippen molar-refractivity contribution in [3.05, 3.63) is 47.7 Å². The van der Waals surface area contributed by atoms with Gasteiger partial charge in [0.1, 0.15) is 0 Å². The number of carbonyl (C=O) groups is 1. The van der Waals surface area contributed by atoms with Crippen molar-refractivity contribution >= 4 is 23.2 Å². The van der Waals surface area contributed by atoms with E-state index in [1.165, 1.54) is 6.92 Å². The maximum Gasteiger partial charge on any atom is 0.221 e. The number of benzene rings is 1. The monoisotopic (exact) mass is 246 g/mol. The minimum atomic E-state index is -0.136. The Kier molecular flexibility index (Phi) is 3.40. The zero-order valence-corrected chi connectivity index (χ0v) is 10.0. The molecule has 2 rings (SSSR count). The highest BCUT2D eigenvalue weighted by atomic mass is 35.5. The Morgan fingerprint density at radius 1 is 1.18 bits per heavy atom. The third kappa shape index (κ3) is 2.82. The lowest BCUT2D eigenvalue weighted by molar-refractivity contribution is -0.114. The van der Waals surface area contributed by atoms with Crippen molar-refractivity contribution in [2.75, 3.05) is 5.32 Å². The van der Waals surface area contributed by atoms with Crippen LogP contribution in [0.4, 0.5) is 5.69 Å². The van der Waals surface area contributed by atoms with Crippen molar-refractivity contribution in [3.63, 3.8) is 0 Å². The highest BCUT2D eigenvalue weighted by Crippen LogP contribution is 2.28. The van der Waals surface area contributed by atoms with E-state index in [1.807, 2.05) is 24.3 Å². The van der Waals surface area contributed by atoms with Crippen LogP contribution in [0.15, 0.2) is 42.7 Å². The van der Waals surface area contributed by atoms with Gasteiger partial charge in [-0.3, -0.25) is 9.78 Å². The van der Waals surface area contributed by atoms with E-state index in [0.717, 1.165) is 11.1 Å². The minimum Gasteiger partial charge on any atom is -0.325 e. The quantitative estimate of drug-likeness (QED) is 0.883. The SMILES string of the molecule is CC(=O)Nc1ccc(-c2ccncc2)cc1Cl. The van der Waals surface area contributed by atoms with E-state index in [1.54, 1.807) is 18.5 Å². The largest absolute Gasteiger partial charge is 0.325 e. The molecule has 1 N–H and O–H groups in total. The van der Waals surface area contributed by atoms with E-state index in [0.29, 0.717) is 10.7 Å². The van der Waals surface area contributed by atoms with E-state index in [-0.39, 0.29) is 5.91 Å². The zero-order valence-electron chi connectivity index (χ0n) is 9.27. The Balaban J connectivity index is 2.34. The van der Waals surface area contributed by atoms with Gasteiger partial charge in [0, 0.05) is 19.3 Å². The number of nitrogens with zero attached hydrogens (tertiary/aromatic N) is 1. The molecule has 0 bridgehead atoms. The molecule has 2 aromatic rings. The Morgan fingerprint density at radius 2 is 1.88 bits per heavy atom. The summed E-state index contributed by atoms with van der Waals surface area (Å²) in [5.74, 6) is -0.136.